The van der Waals surface area contributed by atoms with E-state index in [0.29, 0.717) is 11.6 Å². The van der Waals surface area contributed by atoms with Crippen molar-refractivity contribution in [1.29, 1.82) is 0 Å². The van der Waals surface area contributed by atoms with E-state index in [2.05, 4.69) is 4.98 Å². The summed E-state index contributed by atoms with van der Waals surface area (Å²) in [6.45, 7) is 6.05. The van der Waals surface area contributed by atoms with Crippen LogP contribution in [0.15, 0.2) is 30.5 Å². The maximum absolute atomic E-state index is 11.8. The standard InChI is InChI=1S/C16H18N2O3/c1-4-20-16(19)13-8-15(18-9-14(13)17)21-12-6-5-10(2)11(3)7-12/h5-9H,4,17H2,1-3H3. The summed E-state index contributed by atoms with van der Waals surface area (Å²) in [6.07, 6.45) is 1.39. The molecule has 0 amide bonds. The number of pyridine rings is 1. The van der Waals surface area contributed by atoms with Crippen molar-refractivity contribution < 1.29 is 14.3 Å². The van der Waals surface area contributed by atoms with E-state index in [1.54, 1.807) is 6.92 Å². The first kappa shape index (κ1) is 14.8. The number of nitrogen functional groups attached to an aromatic ring is 1. The minimum absolute atomic E-state index is 0.255. The van der Waals surface area contributed by atoms with E-state index < -0.39 is 5.97 Å². The van der Waals surface area contributed by atoms with Gasteiger partial charge in [-0.25, -0.2) is 9.78 Å². The van der Waals surface area contributed by atoms with Crippen LogP contribution in [0.5, 0.6) is 11.6 Å². The molecule has 2 rings (SSSR count). The Morgan fingerprint density at radius 1 is 1.24 bits per heavy atom. The Morgan fingerprint density at radius 3 is 2.67 bits per heavy atom. The lowest BCUT2D eigenvalue weighted by Gasteiger charge is -2.09. The van der Waals surface area contributed by atoms with Crippen LogP contribution >= 0.6 is 0 Å². The monoisotopic (exact) mass is 286 g/mol. The van der Waals surface area contributed by atoms with Crippen molar-refractivity contribution >= 4 is 11.7 Å². The van der Waals surface area contributed by atoms with E-state index in [4.69, 9.17) is 15.2 Å². The zero-order valence-corrected chi connectivity index (χ0v) is 12.3. The summed E-state index contributed by atoms with van der Waals surface area (Å²) in [6, 6.07) is 7.22. The molecule has 0 aliphatic heterocycles. The lowest BCUT2D eigenvalue weighted by Crippen LogP contribution is -2.08. The van der Waals surface area contributed by atoms with Gasteiger partial charge in [-0.1, -0.05) is 6.07 Å². The summed E-state index contributed by atoms with van der Waals surface area (Å²) >= 11 is 0. The molecular formula is C16H18N2O3. The fourth-order valence-electron chi connectivity index (χ4n) is 1.79. The molecule has 0 bridgehead atoms. The molecule has 0 atom stereocenters. The van der Waals surface area contributed by atoms with Crippen LogP contribution in [0.2, 0.25) is 0 Å². The number of benzene rings is 1. The topological polar surface area (TPSA) is 74.4 Å². The minimum Gasteiger partial charge on any atom is -0.462 e. The molecule has 0 saturated carbocycles. The number of ether oxygens (including phenoxy) is 2. The molecule has 1 aromatic carbocycles. The third-order valence-electron chi connectivity index (χ3n) is 3.11. The van der Waals surface area contributed by atoms with Crippen LogP contribution in [0.25, 0.3) is 0 Å². The van der Waals surface area contributed by atoms with Gasteiger partial charge < -0.3 is 15.2 Å². The molecule has 0 spiro atoms. The Balaban J connectivity index is 2.26. The predicted molar refractivity (Wildman–Crippen MR) is 80.6 cm³/mol. The molecule has 5 nitrogen and oxygen atoms in total. The number of carbonyl (C=O) groups is 1. The summed E-state index contributed by atoms with van der Waals surface area (Å²) in [5.41, 5.74) is 8.56. The second kappa shape index (κ2) is 6.26. The van der Waals surface area contributed by atoms with Crippen molar-refractivity contribution in [3.63, 3.8) is 0 Å². The van der Waals surface area contributed by atoms with Crippen LogP contribution in [-0.2, 0) is 4.74 Å². The normalized spacial score (nSPS) is 10.2. The number of hydrogen-bond acceptors (Lipinski definition) is 5. The maximum Gasteiger partial charge on any atom is 0.340 e. The molecule has 21 heavy (non-hydrogen) atoms. The first-order valence-corrected chi connectivity index (χ1v) is 6.69. The number of carbonyl (C=O) groups excluding carboxylic acids is 1. The molecule has 0 aliphatic carbocycles. The number of nitrogens with two attached hydrogens (primary N) is 1. The lowest BCUT2D eigenvalue weighted by atomic mass is 10.1. The maximum atomic E-state index is 11.8. The highest BCUT2D eigenvalue weighted by molar-refractivity contribution is 5.95. The first-order chi connectivity index (χ1) is 10.0. The SMILES string of the molecule is CCOC(=O)c1cc(Oc2ccc(C)c(C)c2)ncc1N. The Bertz CT molecular complexity index is 669. The minimum atomic E-state index is -0.484. The van der Waals surface area contributed by atoms with E-state index in [-0.39, 0.29) is 17.9 Å². The molecule has 0 fully saturated rings. The van der Waals surface area contributed by atoms with Crippen molar-refractivity contribution in [3.8, 4) is 11.6 Å². The van der Waals surface area contributed by atoms with Crippen molar-refractivity contribution in [2.75, 3.05) is 12.3 Å². The van der Waals surface area contributed by atoms with Gasteiger partial charge in [-0.05, 0) is 44.0 Å². The van der Waals surface area contributed by atoms with Gasteiger partial charge in [0.25, 0.3) is 0 Å². The predicted octanol–water partition coefficient (Wildman–Crippen LogP) is 3.25. The number of aromatic nitrogens is 1. The van der Waals surface area contributed by atoms with Crippen LogP contribution in [0.3, 0.4) is 0 Å². The zero-order valence-electron chi connectivity index (χ0n) is 12.3. The molecule has 0 radical (unpaired) electrons. The van der Waals surface area contributed by atoms with Crippen LogP contribution < -0.4 is 10.5 Å². The molecule has 0 unspecified atom stereocenters. The van der Waals surface area contributed by atoms with Crippen LogP contribution in [0.4, 0.5) is 5.69 Å². The van der Waals surface area contributed by atoms with Gasteiger partial charge in [0.2, 0.25) is 5.88 Å². The molecule has 0 aliphatic rings. The number of nitrogens with zero attached hydrogens (tertiary/aromatic N) is 1. The van der Waals surface area contributed by atoms with Crippen LogP contribution in [0, 0.1) is 13.8 Å². The Morgan fingerprint density at radius 2 is 2.00 bits per heavy atom. The van der Waals surface area contributed by atoms with Crippen LogP contribution in [-0.4, -0.2) is 17.6 Å². The van der Waals surface area contributed by atoms with Gasteiger partial charge in [0.1, 0.15) is 5.75 Å². The quantitative estimate of drug-likeness (QED) is 0.873. The van der Waals surface area contributed by atoms with E-state index in [1.165, 1.54) is 17.8 Å². The van der Waals surface area contributed by atoms with Gasteiger partial charge in [0, 0.05) is 6.07 Å². The highest BCUT2D eigenvalue weighted by Crippen LogP contribution is 2.24. The van der Waals surface area contributed by atoms with Gasteiger partial charge in [-0.3, -0.25) is 0 Å². The first-order valence-electron chi connectivity index (χ1n) is 6.69. The zero-order chi connectivity index (χ0) is 15.4. The second-order valence-electron chi connectivity index (χ2n) is 4.68. The number of rotatable bonds is 4. The summed E-state index contributed by atoms with van der Waals surface area (Å²) in [4.78, 5) is 15.9. The van der Waals surface area contributed by atoms with Gasteiger partial charge in [-0.2, -0.15) is 0 Å². The third kappa shape index (κ3) is 3.51. The van der Waals surface area contributed by atoms with E-state index >= 15 is 0 Å². The fraction of sp³-hybridized carbons (Fsp3) is 0.250. The highest BCUT2D eigenvalue weighted by atomic mass is 16.5. The molecule has 5 heteroatoms. The lowest BCUT2D eigenvalue weighted by molar-refractivity contribution is 0.0527. The summed E-state index contributed by atoms with van der Waals surface area (Å²) < 4.78 is 10.6. The smallest absolute Gasteiger partial charge is 0.340 e. The van der Waals surface area contributed by atoms with Crippen molar-refractivity contribution in [1.82, 2.24) is 4.98 Å². The molecule has 0 saturated heterocycles. The third-order valence-corrected chi connectivity index (χ3v) is 3.11. The molecule has 2 N–H and O–H groups in total. The van der Waals surface area contributed by atoms with Gasteiger partial charge in [0.05, 0.1) is 24.1 Å². The summed E-state index contributed by atoms with van der Waals surface area (Å²) in [5, 5.41) is 0. The molecular weight excluding hydrogens is 268 g/mol. The van der Waals surface area contributed by atoms with Crippen molar-refractivity contribution in [2.45, 2.75) is 20.8 Å². The molecule has 2 aromatic rings. The average molecular weight is 286 g/mol. The Kier molecular flexibility index (Phi) is 4.42. The molecule has 110 valence electrons. The van der Waals surface area contributed by atoms with Crippen molar-refractivity contribution in [2.24, 2.45) is 0 Å². The van der Waals surface area contributed by atoms with E-state index in [9.17, 15) is 4.79 Å². The van der Waals surface area contributed by atoms with Crippen molar-refractivity contribution in [3.05, 3.63) is 47.2 Å². The van der Waals surface area contributed by atoms with Gasteiger partial charge in [0.15, 0.2) is 0 Å². The Hall–Kier alpha value is -2.56. The van der Waals surface area contributed by atoms with E-state index in [1.807, 2.05) is 32.0 Å². The highest BCUT2D eigenvalue weighted by Gasteiger charge is 2.13. The second-order valence-corrected chi connectivity index (χ2v) is 4.68. The average Bonchev–Trinajstić information content (AvgIpc) is 2.45. The fourth-order valence-corrected chi connectivity index (χ4v) is 1.79. The summed E-state index contributed by atoms with van der Waals surface area (Å²) in [5.74, 6) is 0.475. The number of hydrogen-bond donors (Lipinski definition) is 1. The Labute approximate surface area is 123 Å². The number of aryl methyl sites for hydroxylation is 2. The summed E-state index contributed by atoms with van der Waals surface area (Å²) in [7, 11) is 0. The number of anilines is 1. The molecule has 1 aromatic heterocycles. The molecule has 1 heterocycles. The van der Waals surface area contributed by atoms with Gasteiger partial charge in [-0.15, -0.1) is 0 Å². The largest absolute Gasteiger partial charge is 0.462 e. The number of esters is 1. The van der Waals surface area contributed by atoms with Crippen LogP contribution in [0.1, 0.15) is 28.4 Å². The van der Waals surface area contributed by atoms with Gasteiger partial charge >= 0.3 is 5.97 Å². The van der Waals surface area contributed by atoms with E-state index in [0.717, 1.165) is 5.56 Å².